The molecule has 0 bridgehead atoms. The first-order valence-corrected chi connectivity index (χ1v) is 9.79. The number of cyclic esters (lactones) is 1. The maximum Gasteiger partial charge on any atom is 0.342 e. The van der Waals surface area contributed by atoms with E-state index in [0.29, 0.717) is 11.8 Å². The lowest BCUT2D eigenvalue weighted by molar-refractivity contribution is -0.114. The van der Waals surface area contributed by atoms with Crippen molar-refractivity contribution in [1.82, 2.24) is 0 Å². The Morgan fingerprint density at radius 1 is 1.15 bits per heavy atom. The van der Waals surface area contributed by atoms with Gasteiger partial charge in [-0.1, -0.05) is 31.5 Å². The zero-order valence-electron chi connectivity index (χ0n) is 15.6. The maximum absolute atomic E-state index is 12.8. The zero-order chi connectivity index (χ0) is 19.7. The zero-order valence-corrected chi connectivity index (χ0v) is 16.3. The molecule has 2 unspecified atom stereocenters. The van der Waals surface area contributed by atoms with Crippen LogP contribution in [0.4, 0.5) is 0 Å². The normalized spacial score (nSPS) is 27.3. The molecule has 1 heterocycles. The van der Waals surface area contributed by atoms with E-state index in [-0.39, 0.29) is 46.1 Å². The van der Waals surface area contributed by atoms with Crippen molar-refractivity contribution in [3.63, 3.8) is 0 Å². The Balaban J connectivity index is 2.00. The minimum Gasteiger partial charge on any atom is -0.507 e. The number of halogens is 1. The Bertz CT molecular complexity index is 783. The highest BCUT2D eigenvalue weighted by Gasteiger charge is 2.39. The second kappa shape index (κ2) is 7.93. The molecular formula is C21H25ClO5. The van der Waals surface area contributed by atoms with Gasteiger partial charge in [0.05, 0.1) is 5.02 Å². The molecule has 0 aromatic heterocycles. The molecule has 6 heteroatoms. The van der Waals surface area contributed by atoms with Crippen molar-refractivity contribution in [3.8, 4) is 11.5 Å². The third-order valence-electron chi connectivity index (χ3n) is 5.49. The number of phenolic OH excluding ortho intramolecular Hbond substituents is 2. The molecule has 1 aromatic rings. The number of carbonyl (C=O) groups is 2. The summed E-state index contributed by atoms with van der Waals surface area (Å²) in [6.07, 6.45) is 6.60. The first-order chi connectivity index (χ1) is 12.8. The lowest BCUT2D eigenvalue weighted by Gasteiger charge is -2.23. The topological polar surface area (TPSA) is 83.8 Å². The molecule has 3 atom stereocenters. The fraction of sp³-hybridized carbons (Fsp3) is 0.524. The van der Waals surface area contributed by atoms with Gasteiger partial charge in [0.2, 0.25) is 0 Å². The van der Waals surface area contributed by atoms with Gasteiger partial charge in [-0.15, -0.1) is 0 Å². The van der Waals surface area contributed by atoms with Gasteiger partial charge in [0.1, 0.15) is 23.2 Å². The van der Waals surface area contributed by atoms with Crippen molar-refractivity contribution in [2.24, 2.45) is 17.8 Å². The minimum absolute atomic E-state index is 0.0951. The van der Waals surface area contributed by atoms with Crippen LogP contribution in [0, 0.1) is 17.8 Å². The van der Waals surface area contributed by atoms with Crippen LogP contribution < -0.4 is 0 Å². The second-order valence-corrected chi connectivity index (χ2v) is 8.26. The second-order valence-electron chi connectivity index (χ2n) is 7.88. The molecule has 1 fully saturated rings. The summed E-state index contributed by atoms with van der Waals surface area (Å²) in [6, 6.07) is 1.01. The number of ketones is 1. The van der Waals surface area contributed by atoms with Crippen LogP contribution in [0.25, 0.3) is 0 Å². The molecule has 1 aromatic carbocycles. The molecule has 0 radical (unpaired) electrons. The van der Waals surface area contributed by atoms with E-state index in [4.69, 9.17) is 16.3 Å². The van der Waals surface area contributed by atoms with Crippen LogP contribution in [-0.4, -0.2) is 28.1 Å². The third-order valence-corrected chi connectivity index (χ3v) is 5.91. The van der Waals surface area contributed by atoms with Crippen LogP contribution in [0.2, 0.25) is 5.02 Å². The quantitative estimate of drug-likeness (QED) is 0.691. The van der Waals surface area contributed by atoms with Crippen molar-refractivity contribution in [2.45, 2.75) is 52.1 Å². The molecule has 1 aliphatic carbocycles. The number of benzene rings is 1. The summed E-state index contributed by atoms with van der Waals surface area (Å²) in [4.78, 5) is 25.2. The fourth-order valence-corrected chi connectivity index (χ4v) is 3.96. The molecule has 5 nitrogen and oxygen atoms in total. The van der Waals surface area contributed by atoms with E-state index < -0.39 is 11.7 Å². The van der Waals surface area contributed by atoms with Gasteiger partial charge in [-0.3, -0.25) is 4.79 Å². The predicted octanol–water partition coefficient (Wildman–Crippen LogP) is 4.42. The van der Waals surface area contributed by atoms with Crippen LogP contribution in [0.3, 0.4) is 0 Å². The number of esters is 1. The van der Waals surface area contributed by atoms with E-state index in [2.05, 4.69) is 0 Å². The van der Waals surface area contributed by atoms with E-state index >= 15 is 0 Å². The Hall–Kier alpha value is -2.01. The first-order valence-electron chi connectivity index (χ1n) is 9.41. The molecule has 2 aliphatic rings. The Morgan fingerprint density at radius 3 is 2.59 bits per heavy atom. The van der Waals surface area contributed by atoms with Gasteiger partial charge >= 0.3 is 5.97 Å². The number of hydrogen-bond acceptors (Lipinski definition) is 5. The van der Waals surface area contributed by atoms with Crippen molar-refractivity contribution in [3.05, 3.63) is 34.4 Å². The minimum atomic E-state index is -0.714. The maximum atomic E-state index is 12.8. The van der Waals surface area contributed by atoms with Gasteiger partial charge in [-0.05, 0) is 49.5 Å². The highest BCUT2D eigenvalue weighted by Crippen LogP contribution is 2.46. The molecule has 3 rings (SSSR count). The van der Waals surface area contributed by atoms with Crippen molar-refractivity contribution in [2.75, 3.05) is 0 Å². The molecule has 0 saturated heterocycles. The van der Waals surface area contributed by atoms with Gasteiger partial charge in [-0.2, -0.15) is 0 Å². The first kappa shape index (κ1) is 19.7. The van der Waals surface area contributed by atoms with E-state index in [1.54, 1.807) is 0 Å². The average Bonchev–Trinajstić information content (AvgIpc) is 3.33. The summed E-state index contributed by atoms with van der Waals surface area (Å²) in [7, 11) is 0. The van der Waals surface area contributed by atoms with Gasteiger partial charge in [0.15, 0.2) is 5.78 Å². The standard InChI is InChI=1S/C21H25ClO5/c1-11(2)18-8-13-7-12(13)5-3-4-6-14(23)9-15-19(21(26)27-18)16(24)10-17(25)20(15)22/h4,6,10-13,18,24-25H,3,5,7-9H2,1-2H3/b6-4+/t12?,13?,18-/m0/s1. The smallest absolute Gasteiger partial charge is 0.342 e. The van der Waals surface area contributed by atoms with Crippen LogP contribution in [0.15, 0.2) is 18.2 Å². The lowest BCUT2D eigenvalue weighted by atomic mass is 9.97. The summed E-state index contributed by atoms with van der Waals surface area (Å²) in [5, 5.41) is 20.1. The molecular weight excluding hydrogens is 368 g/mol. The number of allylic oxidation sites excluding steroid dienone is 2. The van der Waals surface area contributed by atoms with Gasteiger partial charge in [0.25, 0.3) is 0 Å². The summed E-state index contributed by atoms with van der Waals surface area (Å²) < 4.78 is 5.72. The predicted molar refractivity (Wildman–Crippen MR) is 102 cm³/mol. The van der Waals surface area contributed by atoms with Crippen LogP contribution in [-0.2, 0) is 16.0 Å². The number of hydrogen-bond donors (Lipinski definition) is 2. The van der Waals surface area contributed by atoms with Crippen LogP contribution in [0.1, 0.15) is 55.5 Å². The molecule has 0 spiro atoms. The number of aromatic hydroxyl groups is 2. The van der Waals surface area contributed by atoms with E-state index in [9.17, 15) is 19.8 Å². The monoisotopic (exact) mass is 392 g/mol. The number of ether oxygens (including phenoxy) is 1. The number of carbonyl (C=O) groups excluding carboxylic acids is 2. The Labute approximate surface area is 164 Å². The highest BCUT2D eigenvalue weighted by molar-refractivity contribution is 6.33. The summed E-state index contributed by atoms with van der Waals surface area (Å²) in [5.74, 6) is -0.515. The molecule has 27 heavy (non-hydrogen) atoms. The van der Waals surface area contributed by atoms with E-state index in [1.807, 2.05) is 19.9 Å². The molecule has 2 N–H and O–H groups in total. The summed E-state index contributed by atoms with van der Waals surface area (Å²) >= 11 is 6.15. The third kappa shape index (κ3) is 4.46. The summed E-state index contributed by atoms with van der Waals surface area (Å²) in [5.41, 5.74) is -0.0488. The lowest BCUT2D eigenvalue weighted by Crippen LogP contribution is -2.25. The molecule has 1 saturated carbocycles. The van der Waals surface area contributed by atoms with Crippen molar-refractivity contribution >= 4 is 23.4 Å². The van der Waals surface area contributed by atoms with Crippen molar-refractivity contribution < 1.29 is 24.5 Å². The Morgan fingerprint density at radius 2 is 1.89 bits per heavy atom. The van der Waals surface area contributed by atoms with E-state index in [0.717, 1.165) is 31.7 Å². The average molecular weight is 393 g/mol. The van der Waals surface area contributed by atoms with Crippen LogP contribution in [0.5, 0.6) is 11.5 Å². The van der Waals surface area contributed by atoms with Crippen LogP contribution >= 0.6 is 11.6 Å². The van der Waals surface area contributed by atoms with Gasteiger partial charge in [-0.25, -0.2) is 4.79 Å². The molecule has 1 aliphatic heterocycles. The van der Waals surface area contributed by atoms with Crippen molar-refractivity contribution in [1.29, 1.82) is 0 Å². The SMILES string of the molecule is CC(C)[C@@H]1CC2CC2CC/C=C/C(=O)Cc2c(Cl)c(O)cc(O)c2C(=O)O1. The Kier molecular flexibility index (Phi) is 5.80. The highest BCUT2D eigenvalue weighted by atomic mass is 35.5. The number of phenols is 2. The fourth-order valence-electron chi connectivity index (χ4n) is 3.74. The largest absolute Gasteiger partial charge is 0.507 e. The van der Waals surface area contributed by atoms with E-state index in [1.165, 1.54) is 6.08 Å². The number of rotatable bonds is 1. The van der Waals surface area contributed by atoms with Gasteiger partial charge < -0.3 is 14.9 Å². The summed E-state index contributed by atoms with van der Waals surface area (Å²) in [6.45, 7) is 3.99. The van der Waals surface area contributed by atoms with Gasteiger partial charge in [0, 0.05) is 18.1 Å². The molecule has 146 valence electrons. The number of fused-ring (bicyclic) bond motifs is 2. The molecule has 0 amide bonds.